The number of nitrogens with one attached hydrogen (secondary N) is 1. The van der Waals surface area contributed by atoms with Crippen LogP contribution in [0.3, 0.4) is 0 Å². The summed E-state index contributed by atoms with van der Waals surface area (Å²) in [6, 6.07) is 0. The van der Waals surface area contributed by atoms with Crippen molar-refractivity contribution in [2.24, 2.45) is 5.92 Å². The monoisotopic (exact) mass is 261 g/mol. The van der Waals surface area contributed by atoms with Crippen LogP contribution in [0.25, 0.3) is 0 Å². The highest BCUT2D eigenvalue weighted by molar-refractivity contribution is 5.76. The Morgan fingerprint density at radius 2 is 2.16 bits per heavy atom. The van der Waals surface area contributed by atoms with Crippen molar-refractivity contribution in [3.63, 3.8) is 0 Å². The van der Waals surface area contributed by atoms with E-state index in [2.05, 4.69) is 37.1 Å². The topological polar surface area (TPSA) is 46.9 Å². The summed E-state index contributed by atoms with van der Waals surface area (Å²) >= 11 is 0. The second kappa shape index (κ2) is 6.98. The molecule has 19 heavy (non-hydrogen) atoms. The molecule has 104 valence electrons. The van der Waals surface area contributed by atoms with Gasteiger partial charge >= 0.3 is 0 Å². The summed E-state index contributed by atoms with van der Waals surface area (Å²) in [5.74, 6) is 2.95. The molecule has 4 heteroatoms. The van der Waals surface area contributed by atoms with Crippen LogP contribution in [0.15, 0.2) is 0 Å². The van der Waals surface area contributed by atoms with Gasteiger partial charge in [-0.05, 0) is 31.7 Å². The highest BCUT2D eigenvalue weighted by Crippen LogP contribution is 2.16. The standard InChI is InChI=1S/C15H23N3O/c1-6-9-16-15(19)8-7-14-12(4)17-18(13(14)5)10-11(2)3/h1,11H,7-10H2,2-5H3,(H,16,19). The van der Waals surface area contributed by atoms with Crippen LogP contribution in [0.5, 0.6) is 0 Å². The molecule has 1 rings (SSSR count). The van der Waals surface area contributed by atoms with E-state index >= 15 is 0 Å². The van der Waals surface area contributed by atoms with Gasteiger partial charge in [0.2, 0.25) is 5.91 Å². The highest BCUT2D eigenvalue weighted by Gasteiger charge is 2.13. The Kier molecular flexibility index (Phi) is 5.62. The lowest BCUT2D eigenvalue weighted by atomic mass is 10.1. The normalized spacial score (nSPS) is 10.5. The third-order valence-electron chi connectivity index (χ3n) is 3.06. The molecule has 0 radical (unpaired) electrons. The van der Waals surface area contributed by atoms with E-state index in [1.54, 1.807) is 0 Å². The number of carbonyl (C=O) groups is 1. The molecule has 0 aromatic carbocycles. The molecule has 1 amide bonds. The van der Waals surface area contributed by atoms with Crippen molar-refractivity contribution < 1.29 is 4.79 Å². The molecule has 0 saturated carbocycles. The molecule has 0 aliphatic heterocycles. The summed E-state index contributed by atoms with van der Waals surface area (Å²) in [6.45, 7) is 9.61. The van der Waals surface area contributed by atoms with Crippen LogP contribution in [0.2, 0.25) is 0 Å². The first-order valence-electron chi connectivity index (χ1n) is 6.68. The molecule has 4 nitrogen and oxygen atoms in total. The number of aromatic nitrogens is 2. The zero-order valence-corrected chi connectivity index (χ0v) is 12.3. The van der Waals surface area contributed by atoms with Gasteiger partial charge in [-0.15, -0.1) is 6.42 Å². The van der Waals surface area contributed by atoms with Crippen LogP contribution in [0, 0.1) is 32.1 Å². The third kappa shape index (κ3) is 4.44. The highest BCUT2D eigenvalue weighted by atomic mass is 16.1. The number of hydrogen-bond acceptors (Lipinski definition) is 2. The van der Waals surface area contributed by atoms with Crippen molar-refractivity contribution in [2.45, 2.75) is 47.1 Å². The lowest BCUT2D eigenvalue weighted by Gasteiger charge is -2.08. The van der Waals surface area contributed by atoms with Gasteiger partial charge in [0.1, 0.15) is 0 Å². The van der Waals surface area contributed by atoms with E-state index in [0.29, 0.717) is 25.3 Å². The molecule has 0 saturated heterocycles. The van der Waals surface area contributed by atoms with Crippen LogP contribution in [-0.4, -0.2) is 22.2 Å². The molecule has 1 aromatic heterocycles. The smallest absolute Gasteiger partial charge is 0.221 e. The summed E-state index contributed by atoms with van der Waals surface area (Å²) in [6.07, 6.45) is 6.27. The maximum atomic E-state index is 11.5. The minimum atomic E-state index is -0.00615. The van der Waals surface area contributed by atoms with Gasteiger partial charge in [-0.2, -0.15) is 5.10 Å². The van der Waals surface area contributed by atoms with Crippen molar-refractivity contribution >= 4 is 5.91 Å². The fourth-order valence-corrected chi connectivity index (χ4v) is 2.10. The fraction of sp³-hybridized carbons (Fsp3) is 0.600. The SMILES string of the molecule is C#CCNC(=O)CCc1c(C)nn(CC(C)C)c1C. The molecule has 0 unspecified atom stereocenters. The number of amides is 1. The van der Waals surface area contributed by atoms with Gasteiger partial charge in [0.05, 0.1) is 12.2 Å². The zero-order valence-electron chi connectivity index (χ0n) is 12.3. The summed E-state index contributed by atoms with van der Waals surface area (Å²) < 4.78 is 2.04. The third-order valence-corrected chi connectivity index (χ3v) is 3.06. The Bertz CT molecular complexity index is 480. The largest absolute Gasteiger partial charge is 0.345 e. The van der Waals surface area contributed by atoms with E-state index in [-0.39, 0.29) is 5.91 Å². The second-order valence-corrected chi connectivity index (χ2v) is 5.21. The van der Waals surface area contributed by atoms with Gasteiger partial charge in [0.15, 0.2) is 0 Å². The predicted octanol–water partition coefficient (Wildman–Crippen LogP) is 1.84. The lowest BCUT2D eigenvalue weighted by molar-refractivity contribution is -0.120. The van der Waals surface area contributed by atoms with E-state index in [0.717, 1.165) is 17.9 Å². The second-order valence-electron chi connectivity index (χ2n) is 5.21. The number of nitrogens with zero attached hydrogens (tertiary/aromatic N) is 2. The van der Waals surface area contributed by atoms with Crippen molar-refractivity contribution in [3.05, 3.63) is 17.0 Å². The molecule has 1 heterocycles. The Labute approximate surface area is 115 Å². The minimum absolute atomic E-state index is 0.00615. The lowest BCUT2D eigenvalue weighted by Crippen LogP contribution is -2.23. The first kappa shape index (κ1) is 15.3. The molecule has 0 aliphatic carbocycles. The van der Waals surface area contributed by atoms with Crippen molar-refractivity contribution in [2.75, 3.05) is 6.54 Å². The Balaban J connectivity index is 2.66. The number of rotatable bonds is 6. The average Bonchev–Trinajstić information content (AvgIpc) is 2.59. The number of carbonyl (C=O) groups excluding carboxylic acids is 1. The van der Waals surface area contributed by atoms with Gasteiger partial charge in [-0.1, -0.05) is 19.8 Å². The summed E-state index contributed by atoms with van der Waals surface area (Å²) in [7, 11) is 0. The van der Waals surface area contributed by atoms with Gasteiger partial charge in [-0.25, -0.2) is 0 Å². The minimum Gasteiger partial charge on any atom is -0.345 e. The Hall–Kier alpha value is -1.76. The quantitative estimate of drug-likeness (QED) is 0.794. The number of terminal acetylenes is 1. The van der Waals surface area contributed by atoms with E-state index in [1.807, 2.05) is 11.6 Å². The molecule has 1 N–H and O–H groups in total. The molecular weight excluding hydrogens is 238 g/mol. The Morgan fingerprint density at radius 1 is 1.47 bits per heavy atom. The molecule has 1 aromatic rings. The first-order chi connectivity index (χ1) is 8.95. The van der Waals surface area contributed by atoms with E-state index in [4.69, 9.17) is 6.42 Å². The van der Waals surface area contributed by atoms with Crippen molar-refractivity contribution in [3.8, 4) is 12.3 Å². The molecule has 0 aliphatic rings. The first-order valence-corrected chi connectivity index (χ1v) is 6.68. The zero-order chi connectivity index (χ0) is 14.4. The summed E-state index contributed by atoms with van der Waals surface area (Å²) in [5, 5.41) is 7.22. The van der Waals surface area contributed by atoms with Crippen molar-refractivity contribution in [1.82, 2.24) is 15.1 Å². The van der Waals surface area contributed by atoms with E-state index in [9.17, 15) is 4.79 Å². The molecule has 0 bridgehead atoms. The molecule has 0 atom stereocenters. The summed E-state index contributed by atoms with van der Waals surface area (Å²) in [4.78, 5) is 11.5. The van der Waals surface area contributed by atoms with Crippen molar-refractivity contribution in [1.29, 1.82) is 0 Å². The Morgan fingerprint density at radius 3 is 2.74 bits per heavy atom. The van der Waals surface area contributed by atoms with Crippen LogP contribution >= 0.6 is 0 Å². The van der Waals surface area contributed by atoms with Crippen LogP contribution in [-0.2, 0) is 17.8 Å². The predicted molar refractivity (Wildman–Crippen MR) is 76.7 cm³/mol. The molecule has 0 fully saturated rings. The number of hydrogen-bond donors (Lipinski definition) is 1. The van der Waals surface area contributed by atoms with Gasteiger partial charge in [0.25, 0.3) is 0 Å². The molecular formula is C15H23N3O. The summed E-state index contributed by atoms with van der Waals surface area (Å²) in [5.41, 5.74) is 3.36. The van der Waals surface area contributed by atoms with Crippen LogP contribution in [0.1, 0.15) is 37.2 Å². The van der Waals surface area contributed by atoms with Gasteiger partial charge in [-0.3, -0.25) is 9.48 Å². The van der Waals surface area contributed by atoms with E-state index in [1.165, 1.54) is 5.56 Å². The maximum Gasteiger partial charge on any atom is 0.221 e. The van der Waals surface area contributed by atoms with Crippen LogP contribution in [0.4, 0.5) is 0 Å². The average molecular weight is 261 g/mol. The fourth-order valence-electron chi connectivity index (χ4n) is 2.10. The molecule has 0 spiro atoms. The van der Waals surface area contributed by atoms with Gasteiger partial charge < -0.3 is 5.32 Å². The number of aryl methyl sites for hydroxylation is 1. The van der Waals surface area contributed by atoms with Gasteiger partial charge in [0, 0.05) is 18.7 Å². The maximum absolute atomic E-state index is 11.5. The van der Waals surface area contributed by atoms with Crippen LogP contribution < -0.4 is 5.32 Å². The van der Waals surface area contributed by atoms with E-state index < -0.39 is 0 Å².